The number of allylic oxidation sites excluding steroid dienone is 1. The van der Waals surface area contributed by atoms with E-state index in [1.165, 1.54) is 5.32 Å². The number of rotatable bonds is 7. The highest BCUT2D eigenvalue weighted by Gasteiger charge is 2.41. The molecule has 1 atom stereocenters. The minimum atomic E-state index is -5.30. The minimum Gasteiger partial charge on any atom is -0.329 e. The number of carbonyl (C=O) groups is 2. The lowest BCUT2D eigenvalue weighted by Crippen LogP contribution is -2.43. The SMILES string of the molecule is CN(CC(=O)c1ccc(/C(F)=C/C(c2ccc(Cl)c(Cl)c2)C(F)(F)F)cc1C(F)(F)F)C(=O)NCC(F)(F)F. The van der Waals surface area contributed by atoms with E-state index >= 15 is 0 Å². The molecule has 0 bridgehead atoms. The summed E-state index contributed by atoms with van der Waals surface area (Å²) in [5.74, 6) is -5.73. The van der Waals surface area contributed by atoms with Crippen molar-refractivity contribution in [1.29, 1.82) is 0 Å². The summed E-state index contributed by atoms with van der Waals surface area (Å²) in [6.45, 7) is -2.86. The second-order valence-electron chi connectivity index (χ2n) is 8.02. The predicted molar refractivity (Wildman–Crippen MR) is 122 cm³/mol. The lowest BCUT2D eigenvalue weighted by Gasteiger charge is -2.20. The normalized spacial score (nSPS) is 13.7. The molecule has 2 amide bonds. The van der Waals surface area contributed by atoms with Gasteiger partial charge in [-0.1, -0.05) is 41.4 Å². The van der Waals surface area contributed by atoms with Crippen molar-refractivity contribution >= 4 is 40.8 Å². The number of ketones is 1. The highest BCUT2D eigenvalue weighted by atomic mass is 35.5. The summed E-state index contributed by atoms with van der Waals surface area (Å²) in [5.41, 5.74) is -4.34. The molecule has 2 aromatic carbocycles. The fraction of sp³-hybridized carbons (Fsp3) is 0.304. The number of amides is 2. The number of hydrogen-bond acceptors (Lipinski definition) is 2. The van der Waals surface area contributed by atoms with Crippen LogP contribution in [-0.2, 0) is 6.18 Å². The zero-order valence-corrected chi connectivity index (χ0v) is 20.8. The zero-order valence-electron chi connectivity index (χ0n) is 19.3. The third-order valence-electron chi connectivity index (χ3n) is 5.04. The minimum absolute atomic E-state index is 0.0231. The van der Waals surface area contributed by atoms with Crippen LogP contribution in [0.5, 0.6) is 0 Å². The largest absolute Gasteiger partial charge is 0.417 e. The van der Waals surface area contributed by atoms with Crippen LogP contribution in [0.4, 0.5) is 48.7 Å². The molecule has 0 saturated heterocycles. The molecule has 1 N–H and O–H groups in total. The Bertz CT molecular complexity index is 1260. The zero-order chi connectivity index (χ0) is 29.9. The van der Waals surface area contributed by atoms with Gasteiger partial charge in [-0.3, -0.25) is 4.79 Å². The smallest absolute Gasteiger partial charge is 0.329 e. The summed E-state index contributed by atoms with van der Waals surface area (Å²) in [5, 5.41) is 1.05. The van der Waals surface area contributed by atoms with E-state index < -0.39 is 77.4 Å². The maximum Gasteiger partial charge on any atom is 0.417 e. The van der Waals surface area contributed by atoms with Crippen LogP contribution < -0.4 is 5.32 Å². The van der Waals surface area contributed by atoms with Gasteiger partial charge in [0.2, 0.25) is 0 Å². The number of carbonyl (C=O) groups excluding carboxylic acids is 2. The number of halogens is 12. The van der Waals surface area contributed by atoms with Gasteiger partial charge in [-0.25, -0.2) is 9.18 Å². The highest BCUT2D eigenvalue weighted by molar-refractivity contribution is 6.42. The summed E-state index contributed by atoms with van der Waals surface area (Å²) < 4.78 is 134. The summed E-state index contributed by atoms with van der Waals surface area (Å²) in [4.78, 5) is 24.5. The molecule has 0 fully saturated rings. The van der Waals surface area contributed by atoms with Gasteiger partial charge in [0.05, 0.1) is 22.2 Å². The number of alkyl halides is 9. The molecule has 39 heavy (non-hydrogen) atoms. The van der Waals surface area contributed by atoms with Crippen molar-refractivity contribution in [2.45, 2.75) is 24.4 Å². The van der Waals surface area contributed by atoms with Gasteiger partial charge in [-0.2, -0.15) is 39.5 Å². The summed E-state index contributed by atoms with van der Waals surface area (Å²) in [6, 6.07) is 2.52. The Morgan fingerprint density at radius 2 is 1.56 bits per heavy atom. The molecule has 16 heteroatoms. The molecule has 0 spiro atoms. The van der Waals surface area contributed by atoms with Crippen LogP contribution >= 0.6 is 23.2 Å². The van der Waals surface area contributed by atoms with Crippen molar-refractivity contribution in [2.24, 2.45) is 0 Å². The van der Waals surface area contributed by atoms with Crippen LogP contribution in [-0.4, -0.2) is 49.2 Å². The van der Waals surface area contributed by atoms with Crippen LogP contribution in [0.1, 0.15) is 33.0 Å². The van der Waals surface area contributed by atoms with Crippen molar-refractivity contribution < 1.29 is 53.5 Å². The van der Waals surface area contributed by atoms with Gasteiger partial charge in [0.25, 0.3) is 0 Å². The predicted octanol–water partition coefficient (Wildman–Crippen LogP) is 8.06. The highest BCUT2D eigenvalue weighted by Crippen LogP contribution is 2.41. The van der Waals surface area contributed by atoms with Crippen LogP contribution in [0.3, 0.4) is 0 Å². The molecule has 0 aliphatic heterocycles. The third kappa shape index (κ3) is 9.02. The van der Waals surface area contributed by atoms with Gasteiger partial charge in [0, 0.05) is 18.2 Å². The Labute approximate surface area is 224 Å². The first-order chi connectivity index (χ1) is 17.7. The van der Waals surface area contributed by atoms with Gasteiger partial charge >= 0.3 is 24.6 Å². The number of benzene rings is 2. The number of nitrogens with one attached hydrogen (secondary N) is 1. The quantitative estimate of drug-likeness (QED) is 0.254. The maximum absolute atomic E-state index is 14.9. The molecule has 0 aliphatic rings. The van der Waals surface area contributed by atoms with Crippen LogP contribution in [0, 0.1) is 0 Å². The van der Waals surface area contributed by atoms with Crippen molar-refractivity contribution in [2.75, 3.05) is 20.1 Å². The van der Waals surface area contributed by atoms with E-state index in [-0.39, 0.29) is 22.2 Å². The molecule has 214 valence electrons. The molecule has 0 heterocycles. The summed E-state index contributed by atoms with van der Waals surface area (Å²) in [6.07, 6.45) is -15.2. The van der Waals surface area contributed by atoms with E-state index in [1.54, 1.807) is 0 Å². The number of likely N-dealkylation sites (N-methyl/N-ethyl adjacent to an activating group) is 1. The lowest BCUT2D eigenvalue weighted by atomic mass is 9.95. The molecule has 2 aromatic rings. The number of hydrogen-bond donors (Lipinski definition) is 1. The van der Waals surface area contributed by atoms with Crippen molar-refractivity contribution in [3.63, 3.8) is 0 Å². The third-order valence-corrected chi connectivity index (χ3v) is 5.78. The fourth-order valence-electron chi connectivity index (χ4n) is 3.18. The average molecular weight is 613 g/mol. The number of nitrogens with zero attached hydrogens (tertiary/aromatic N) is 1. The lowest BCUT2D eigenvalue weighted by molar-refractivity contribution is -0.140. The van der Waals surface area contributed by atoms with Gasteiger partial charge in [0.1, 0.15) is 18.3 Å². The Morgan fingerprint density at radius 1 is 0.949 bits per heavy atom. The molecular formula is C23H16Cl2F10N2O2. The standard InChI is InChI=1S/C23H16Cl2F10N2O2/c1-37(20(39)36-10-21(27,28)29)9-19(38)13-4-2-12(6-15(13)23(33,34)35)18(26)8-14(22(30,31)32)11-3-5-16(24)17(25)7-11/h2-8,14H,9-10H2,1H3,(H,36,39)/b18-8-. The van der Waals surface area contributed by atoms with Crippen molar-refractivity contribution in [3.05, 3.63) is 74.8 Å². The van der Waals surface area contributed by atoms with E-state index in [0.717, 1.165) is 25.2 Å². The van der Waals surface area contributed by atoms with E-state index in [0.29, 0.717) is 17.0 Å². The molecule has 2 rings (SSSR count). The second-order valence-corrected chi connectivity index (χ2v) is 8.83. The van der Waals surface area contributed by atoms with E-state index in [1.807, 2.05) is 0 Å². The summed E-state index contributed by atoms with van der Waals surface area (Å²) >= 11 is 11.4. The van der Waals surface area contributed by atoms with Gasteiger partial charge in [-0.05, 0) is 29.8 Å². The van der Waals surface area contributed by atoms with Crippen LogP contribution in [0.25, 0.3) is 5.83 Å². The first-order valence-electron chi connectivity index (χ1n) is 10.4. The Balaban J connectivity index is 2.42. The molecule has 0 radical (unpaired) electrons. The van der Waals surface area contributed by atoms with Gasteiger partial charge < -0.3 is 10.2 Å². The van der Waals surface area contributed by atoms with Gasteiger partial charge in [-0.15, -0.1) is 0 Å². The van der Waals surface area contributed by atoms with E-state index in [9.17, 15) is 53.5 Å². The Hall–Kier alpha value is -3.00. The molecule has 0 aromatic heterocycles. The molecule has 4 nitrogen and oxygen atoms in total. The molecular weight excluding hydrogens is 597 g/mol. The topological polar surface area (TPSA) is 49.4 Å². The average Bonchev–Trinajstić information content (AvgIpc) is 2.80. The Kier molecular flexibility index (Phi) is 9.93. The number of urea groups is 1. The monoisotopic (exact) mass is 612 g/mol. The Morgan fingerprint density at radius 3 is 2.08 bits per heavy atom. The van der Waals surface area contributed by atoms with Crippen LogP contribution in [0.15, 0.2) is 42.5 Å². The van der Waals surface area contributed by atoms with E-state index in [2.05, 4.69) is 0 Å². The number of Topliss-reactive ketones (excluding diaryl/α,β-unsaturated/α-hetero) is 1. The maximum atomic E-state index is 14.9. The van der Waals surface area contributed by atoms with Crippen molar-refractivity contribution in [3.8, 4) is 0 Å². The van der Waals surface area contributed by atoms with Crippen molar-refractivity contribution in [1.82, 2.24) is 10.2 Å². The molecule has 0 saturated carbocycles. The van der Waals surface area contributed by atoms with Crippen LogP contribution in [0.2, 0.25) is 10.0 Å². The first kappa shape index (κ1) is 32.2. The first-order valence-corrected chi connectivity index (χ1v) is 11.2. The fourth-order valence-corrected chi connectivity index (χ4v) is 3.49. The molecule has 0 aliphatic carbocycles. The van der Waals surface area contributed by atoms with Gasteiger partial charge in [0.15, 0.2) is 5.78 Å². The van der Waals surface area contributed by atoms with E-state index in [4.69, 9.17) is 23.2 Å². The second kappa shape index (κ2) is 12.0. The molecule has 1 unspecified atom stereocenters. The summed E-state index contributed by atoms with van der Waals surface area (Å²) in [7, 11) is 0.841.